The van der Waals surface area contributed by atoms with Gasteiger partial charge in [-0.05, 0) is 31.7 Å². The van der Waals surface area contributed by atoms with Gasteiger partial charge in [-0.2, -0.15) is 0 Å². The summed E-state index contributed by atoms with van der Waals surface area (Å²) in [7, 11) is 0. The van der Waals surface area contributed by atoms with Gasteiger partial charge < -0.3 is 9.84 Å². The van der Waals surface area contributed by atoms with E-state index in [2.05, 4.69) is 6.92 Å². The van der Waals surface area contributed by atoms with Crippen LogP contribution in [0.1, 0.15) is 39.2 Å². The van der Waals surface area contributed by atoms with Crippen LogP contribution in [0.3, 0.4) is 0 Å². The second-order valence-corrected chi connectivity index (χ2v) is 6.87. The number of ether oxygens (including phenoxy) is 1. The Bertz CT molecular complexity index is 746. The van der Waals surface area contributed by atoms with Crippen LogP contribution < -0.4 is 4.90 Å². The van der Waals surface area contributed by atoms with Crippen LogP contribution in [-0.2, 0) is 4.74 Å². The quantitative estimate of drug-likeness (QED) is 0.784. The molecule has 1 aliphatic rings. The number of anilines is 1. The number of hydrogen-bond donors (Lipinski definition) is 1. The summed E-state index contributed by atoms with van der Waals surface area (Å²) >= 11 is 0. The van der Waals surface area contributed by atoms with Gasteiger partial charge in [0, 0.05) is 23.9 Å². The Morgan fingerprint density at radius 1 is 1.27 bits per heavy atom. The van der Waals surface area contributed by atoms with Crippen molar-refractivity contribution in [2.75, 3.05) is 11.4 Å². The lowest BCUT2D eigenvalue weighted by Crippen LogP contribution is -2.36. The zero-order valence-electron chi connectivity index (χ0n) is 13.4. The topological polar surface area (TPSA) is 49.8 Å². The highest BCUT2D eigenvalue weighted by Gasteiger charge is 2.34. The van der Waals surface area contributed by atoms with Crippen LogP contribution in [0.2, 0.25) is 0 Å². The molecule has 1 amide bonds. The number of carbonyl (C=O) groups is 1. The van der Waals surface area contributed by atoms with Crippen molar-refractivity contribution in [3.8, 4) is 5.75 Å². The van der Waals surface area contributed by atoms with E-state index in [1.165, 1.54) is 0 Å². The molecule has 0 bridgehead atoms. The van der Waals surface area contributed by atoms with Crippen molar-refractivity contribution in [3.63, 3.8) is 0 Å². The molecule has 1 heterocycles. The smallest absolute Gasteiger partial charge is 0.414 e. The van der Waals surface area contributed by atoms with Crippen LogP contribution >= 0.6 is 0 Å². The zero-order valence-corrected chi connectivity index (χ0v) is 13.4. The third-order valence-corrected chi connectivity index (χ3v) is 3.90. The summed E-state index contributed by atoms with van der Waals surface area (Å²) in [4.78, 5) is 14.1. The number of amides is 1. The molecule has 0 spiro atoms. The molecule has 2 aromatic carbocycles. The molecular formula is C18H21NO3. The third-order valence-electron chi connectivity index (χ3n) is 3.90. The first-order valence-electron chi connectivity index (χ1n) is 7.53. The maximum absolute atomic E-state index is 12.4. The van der Waals surface area contributed by atoms with E-state index < -0.39 is 5.60 Å². The number of phenols is 1. The first kappa shape index (κ1) is 14.7. The van der Waals surface area contributed by atoms with Crippen molar-refractivity contribution in [2.45, 2.75) is 39.2 Å². The highest BCUT2D eigenvalue weighted by molar-refractivity contribution is 6.01. The lowest BCUT2D eigenvalue weighted by Gasteiger charge is -2.25. The second kappa shape index (κ2) is 4.90. The molecule has 1 aliphatic heterocycles. The fourth-order valence-corrected chi connectivity index (χ4v) is 3.06. The van der Waals surface area contributed by atoms with Crippen LogP contribution in [0.5, 0.6) is 5.75 Å². The number of benzene rings is 2. The van der Waals surface area contributed by atoms with E-state index in [0.717, 1.165) is 22.0 Å². The average molecular weight is 299 g/mol. The molecule has 22 heavy (non-hydrogen) atoms. The van der Waals surface area contributed by atoms with Gasteiger partial charge in [-0.3, -0.25) is 4.90 Å². The number of carbonyl (C=O) groups excluding carboxylic acids is 1. The highest BCUT2D eigenvalue weighted by atomic mass is 16.6. The molecule has 1 atom stereocenters. The van der Waals surface area contributed by atoms with Gasteiger partial charge in [0.2, 0.25) is 0 Å². The molecular weight excluding hydrogens is 278 g/mol. The Hall–Kier alpha value is -2.23. The summed E-state index contributed by atoms with van der Waals surface area (Å²) < 4.78 is 5.48. The van der Waals surface area contributed by atoms with E-state index in [-0.39, 0.29) is 17.8 Å². The SMILES string of the molecule is C[C@@H]1CN(C(=O)OC(C)(C)C)c2cc(O)c3ccccc3c21. The Morgan fingerprint density at radius 2 is 1.91 bits per heavy atom. The van der Waals surface area contributed by atoms with Gasteiger partial charge in [0.05, 0.1) is 5.69 Å². The molecule has 3 rings (SSSR count). The predicted molar refractivity (Wildman–Crippen MR) is 87.6 cm³/mol. The van der Waals surface area contributed by atoms with Crippen LogP contribution in [0.4, 0.5) is 10.5 Å². The predicted octanol–water partition coefficient (Wildman–Crippen LogP) is 4.40. The lowest BCUT2D eigenvalue weighted by molar-refractivity contribution is 0.0582. The Kier molecular flexibility index (Phi) is 3.28. The van der Waals surface area contributed by atoms with Crippen molar-refractivity contribution in [1.29, 1.82) is 0 Å². The Morgan fingerprint density at radius 3 is 2.55 bits per heavy atom. The minimum atomic E-state index is -0.540. The molecule has 0 saturated carbocycles. The van der Waals surface area contributed by atoms with Gasteiger partial charge in [0.15, 0.2) is 0 Å². The molecule has 2 aromatic rings. The minimum Gasteiger partial charge on any atom is -0.507 e. The number of rotatable bonds is 0. The molecule has 0 saturated heterocycles. The average Bonchev–Trinajstić information content (AvgIpc) is 2.74. The molecule has 4 heteroatoms. The van der Waals surface area contributed by atoms with E-state index in [1.54, 1.807) is 11.0 Å². The Balaban J connectivity index is 2.11. The van der Waals surface area contributed by atoms with E-state index >= 15 is 0 Å². The van der Waals surface area contributed by atoms with Crippen LogP contribution in [-0.4, -0.2) is 23.3 Å². The highest BCUT2D eigenvalue weighted by Crippen LogP contribution is 2.44. The first-order chi connectivity index (χ1) is 10.3. The van der Waals surface area contributed by atoms with Gasteiger partial charge in [-0.15, -0.1) is 0 Å². The Labute approximate surface area is 130 Å². The minimum absolute atomic E-state index is 0.192. The number of phenolic OH excluding ortho intramolecular Hbond substituents is 1. The van der Waals surface area contributed by atoms with Crippen LogP contribution in [0, 0.1) is 0 Å². The van der Waals surface area contributed by atoms with Gasteiger partial charge in [-0.25, -0.2) is 4.79 Å². The summed E-state index contributed by atoms with van der Waals surface area (Å²) in [6.45, 7) is 8.21. The van der Waals surface area contributed by atoms with Crippen LogP contribution in [0.25, 0.3) is 10.8 Å². The molecule has 0 fully saturated rings. The summed E-state index contributed by atoms with van der Waals surface area (Å²) in [6.07, 6.45) is -0.368. The van der Waals surface area contributed by atoms with Crippen LogP contribution in [0.15, 0.2) is 30.3 Å². The molecule has 0 aromatic heterocycles. The number of fused-ring (bicyclic) bond motifs is 3. The van der Waals surface area contributed by atoms with Gasteiger partial charge in [-0.1, -0.05) is 31.2 Å². The van der Waals surface area contributed by atoms with Gasteiger partial charge in [0.25, 0.3) is 0 Å². The van der Waals surface area contributed by atoms with E-state index in [0.29, 0.717) is 6.54 Å². The normalized spacial score (nSPS) is 17.6. The molecule has 0 unspecified atom stereocenters. The fraction of sp³-hybridized carbons (Fsp3) is 0.389. The van der Waals surface area contributed by atoms with Gasteiger partial charge in [0.1, 0.15) is 11.4 Å². The molecule has 4 nitrogen and oxygen atoms in total. The molecule has 1 N–H and O–H groups in total. The maximum atomic E-state index is 12.4. The van der Waals surface area contributed by atoms with E-state index in [9.17, 15) is 9.90 Å². The maximum Gasteiger partial charge on any atom is 0.414 e. The van der Waals surface area contributed by atoms with E-state index in [1.807, 2.05) is 45.0 Å². The fourth-order valence-electron chi connectivity index (χ4n) is 3.06. The van der Waals surface area contributed by atoms with Crippen molar-refractivity contribution in [3.05, 3.63) is 35.9 Å². The second-order valence-electron chi connectivity index (χ2n) is 6.87. The largest absolute Gasteiger partial charge is 0.507 e. The zero-order chi connectivity index (χ0) is 16.1. The first-order valence-corrected chi connectivity index (χ1v) is 7.53. The van der Waals surface area contributed by atoms with Crippen molar-refractivity contribution in [1.82, 2.24) is 0 Å². The lowest BCUT2D eigenvalue weighted by atomic mass is 9.96. The van der Waals surface area contributed by atoms with Gasteiger partial charge >= 0.3 is 6.09 Å². The summed E-state index contributed by atoms with van der Waals surface area (Å²) in [5.74, 6) is 0.394. The third kappa shape index (κ3) is 2.39. The van der Waals surface area contributed by atoms with Crippen molar-refractivity contribution >= 4 is 22.6 Å². The summed E-state index contributed by atoms with van der Waals surface area (Å²) in [5, 5.41) is 12.1. The standard InChI is InChI=1S/C18H21NO3/c1-11-10-19(17(21)22-18(2,3)4)14-9-15(20)12-7-5-6-8-13(12)16(11)14/h5-9,11,20H,10H2,1-4H3/t11-/m1/s1. The molecule has 116 valence electrons. The van der Waals surface area contributed by atoms with Crippen molar-refractivity contribution < 1.29 is 14.6 Å². The van der Waals surface area contributed by atoms with E-state index in [4.69, 9.17) is 4.74 Å². The number of aromatic hydroxyl groups is 1. The summed E-state index contributed by atoms with van der Waals surface area (Å²) in [5.41, 5.74) is 1.30. The number of nitrogens with zero attached hydrogens (tertiary/aromatic N) is 1. The van der Waals surface area contributed by atoms with Crippen molar-refractivity contribution in [2.24, 2.45) is 0 Å². The monoisotopic (exact) mass is 299 g/mol. The summed E-state index contributed by atoms with van der Waals surface area (Å²) in [6, 6.07) is 9.41. The molecule has 0 radical (unpaired) electrons. The number of hydrogen-bond acceptors (Lipinski definition) is 3. The molecule has 0 aliphatic carbocycles.